The predicted octanol–water partition coefficient (Wildman–Crippen LogP) is 6.96. The molecule has 1 aliphatic rings. The first-order valence-corrected chi connectivity index (χ1v) is 17.8. The van der Waals surface area contributed by atoms with Gasteiger partial charge < -0.3 is 0 Å². The molecule has 5 nitrogen and oxygen atoms in total. The Morgan fingerprint density at radius 3 is 1.53 bits per heavy atom. The molecule has 1 heterocycles. The van der Waals surface area contributed by atoms with E-state index in [1.807, 2.05) is 0 Å². The zero-order valence-electron chi connectivity index (χ0n) is 20.4. The molecule has 6 heteroatoms. The molecular formula is C24H46O5Sn. The van der Waals surface area contributed by atoms with Crippen molar-refractivity contribution in [3.63, 3.8) is 0 Å². The summed E-state index contributed by atoms with van der Waals surface area (Å²) in [6.07, 6.45) is 14.1. The number of unbranched alkanes of at least 4 members (excludes halogenated alkanes) is 4. The SMILES string of the molecule is CCCCC1(CCCC)C[CH2][Sn]([O]C(C)=O)([O]C(C)=O)[O]C1(CCCC)CCCC. The van der Waals surface area contributed by atoms with E-state index >= 15 is 0 Å². The molecule has 0 spiro atoms. The summed E-state index contributed by atoms with van der Waals surface area (Å²) in [4.78, 5) is 24.0. The van der Waals surface area contributed by atoms with Gasteiger partial charge in [-0.2, -0.15) is 0 Å². The zero-order valence-corrected chi connectivity index (χ0v) is 23.3. The third kappa shape index (κ3) is 7.39. The van der Waals surface area contributed by atoms with Crippen molar-refractivity contribution < 1.29 is 18.8 Å². The molecule has 0 radical (unpaired) electrons. The molecule has 0 N–H and O–H groups in total. The van der Waals surface area contributed by atoms with Crippen LogP contribution in [0.25, 0.3) is 0 Å². The van der Waals surface area contributed by atoms with E-state index in [2.05, 4.69) is 27.7 Å². The van der Waals surface area contributed by atoms with Gasteiger partial charge in [0.25, 0.3) is 0 Å². The van der Waals surface area contributed by atoms with E-state index < -0.39 is 19.6 Å². The summed E-state index contributed by atoms with van der Waals surface area (Å²) >= 11 is -4.34. The number of carbonyl (C=O) groups excluding carboxylic acids is 2. The summed E-state index contributed by atoms with van der Waals surface area (Å²) in [5, 5.41) is 0. The summed E-state index contributed by atoms with van der Waals surface area (Å²) in [7, 11) is 0. The molecule has 1 rings (SSSR count). The fourth-order valence-electron chi connectivity index (χ4n) is 5.22. The van der Waals surface area contributed by atoms with Gasteiger partial charge in [-0.1, -0.05) is 0 Å². The topological polar surface area (TPSA) is 61.8 Å². The van der Waals surface area contributed by atoms with Gasteiger partial charge in [0.1, 0.15) is 0 Å². The Morgan fingerprint density at radius 2 is 1.17 bits per heavy atom. The van der Waals surface area contributed by atoms with Crippen LogP contribution in [0.1, 0.15) is 125 Å². The Hall–Kier alpha value is -0.301. The molecule has 0 aliphatic carbocycles. The van der Waals surface area contributed by atoms with Crippen LogP contribution in [-0.4, -0.2) is 37.2 Å². The molecule has 0 unspecified atom stereocenters. The van der Waals surface area contributed by atoms with Crippen molar-refractivity contribution in [2.45, 2.75) is 135 Å². The summed E-state index contributed by atoms with van der Waals surface area (Å²) < 4.78 is 19.3. The second-order valence-corrected chi connectivity index (χ2v) is 16.2. The van der Waals surface area contributed by atoms with Crippen LogP contribution in [0.5, 0.6) is 0 Å². The molecule has 0 amide bonds. The molecule has 0 atom stereocenters. The minimum atomic E-state index is -4.34. The molecule has 30 heavy (non-hydrogen) atoms. The van der Waals surface area contributed by atoms with Crippen LogP contribution in [0.2, 0.25) is 4.44 Å². The van der Waals surface area contributed by atoms with Gasteiger partial charge in [-0.15, -0.1) is 0 Å². The van der Waals surface area contributed by atoms with E-state index in [0.717, 1.165) is 70.6 Å². The predicted molar refractivity (Wildman–Crippen MR) is 123 cm³/mol. The first kappa shape index (κ1) is 27.7. The van der Waals surface area contributed by atoms with Crippen molar-refractivity contribution in [2.75, 3.05) is 0 Å². The normalized spacial score (nSPS) is 19.3. The average molecular weight is 533 g/mol. The molecule has 176 valence electrons. The van der Waals surface area contributed by atoms with Crippen LogP contribution >= 0.6 is 0 Å². The Labute approximate surface area is 190 Å². The molecule has 0 saturated carbocycles. The molecule has 1 aliphatic heterocycles. The molecular weight excluding hydrogens is 487 g/mol. The van der Waals surface area contributed by atoms with E-state index in [1.54, 1.807) is 0 Å². The summed E-state index contributed by atoms with van der Waals surface area (Å²) in [6, 6.07) is 0. The quantitative estimate of drug-likeness (QED) is 0.226. The first-order valence-electron chi connectivity index (χ1n) is 12.3. The first-order chi connectivity index (χ1) is 14.2. The zero-order chi connectivity index (χ0) is 22.7. The van der Waals surface area contributed by atoms with Crippen molar-refractivity contribution in [3.8, 4) is 0 Å². The fourth-order valence-corrected chi connectivity index (χ4v) is 14.1. The van der Waals surface area contributed by atoms with Gasteiger partial charge in [0, 0.05) is 0 Å². The van der Waals surface area contributed by atoms with Gasteiger partial charge >= 0.3 is 191 Å². The number of hydrogen-bond acceptors (Lipinski definition) is 5. The number of hydrogen-bond donors (Lipinski definition) is 0. The molecule has 0 bridgehead atoms. The van der Waals surface area contributed by atoms with E-state index in [1.165, 1.54) is 26.7 Å². The van der Waals surface area contributed by atoms with Gasteiger partial charge in [-0.25, -0.2) is 0 Å². The Bertz CT molecular complexity index is 502. The van der Waals surface area contributed by atoms with Gasteiger partial charge in [-0.05, 0) is 0 Å². The van der Waals surface area contributed by atoms with Crippen molar-refractivity contribution in [3.05, 3.63) is 0 Å². The Kier molecular flexibility index (Phi) is 12.3. The summed E-state index contributed by atoms with van der Waals surface area (Å²) in [5.74, 6) is -0.775. The third-order valence-corrected chi connectivity index (χ3v) is 14.6. The summed E-state index contributed by atoms with van der Waals surface area (Å²) in [6.45, 7) is 11.7. The standard InChI is InChI=1S/C20H40O.2C2H4O2.Sn/c1-6-11-15-19(10-5,16-12-7-2)20(21,17-13-8-3)18-14-9-4;2*1-2(3)4;/h5-18H2,1-4H3;2*1H3,(H,3,4);/q-1;;;+3/p-2. The second-order valence-electron chi connectivity index (χ2n) is 9.16. The minimum absolute atomic E-state index is 0.0735. The van der Waals surface area contributed by atoms with Crippen LogP contribution in [0.3, 0.4) is 0 Å². The maximum absolute atomic E-state index is 12.0. The van der Waals surface area contributed by atoms with E-state index in [0.29, 0.717) is 4.44 Å². The van der Waals surface area contributed by atoms with Crippen LogP contribution in [0.15, 0.2) is 0 Å². The van der Waals surface area contributed by atoms with Crippen LogP contribution in [0.4, 0.5) is 0 Å². The molecule has 1 saturated heterocycles. The van der Waals surface area contributed by atoms with Crippen LogP contribution < -0.4 is 0 Å². The van der Waals surface area contributed by atoms with Crippen molar-refractivity contribution in [1.82, 2.24) is 0 Å². The maximum atomic E-state index is 12.0. The third-order valence-electron chi connectivity index (χ3n) is 6.71. The number of rotatable bonds is 14. The van der Waals surface area contributed by atoms with E-state index in [-0.39, 0.29) is 23.0 Å². The van der Waals surface area contributed by atoms with Crippen molar-refractivity contribution in [1.29, 1.82) is 0 Å². The Morgan fingerprint density at radius 1 is 0.767 bits per heavy atom. The van der Waals surface area contributed by atoms with Gasteiger partial charge in [0.15, 0.2) is 0 Å². The van der Waals surface area contributed by atoms with Gasteiger partial charge in [0.05, 0.1) is 0 Å². The van der Waals surface area contributed by atoms with Crippen molar-refractivity contribution >= 4 is 31.6 Å². The van der Waals surface area contributed by atoms with E-state index in [4.69, 9.17) is 9.22 Å². The molecule has 1 fully saturated rings. The van der Waals surface area contributed by atoms with Gasteiger partial charge in [0.2, 0.25) is 0 Å². The fraction of sp³-hybridized carbons (Fsp3) is 0.917. The second kappa shape index (κ2) is 13.3. The summed E-state index contributed by atoms with van der Waals surface area (Å²) in [5.41, 5.74) is -0.285. The number of carbonyl (C=O) groups is 2. The van der Waals surface area contributed by atoms with Gasteiger partial charge in [-0.3, -0.25) is 0 Å². The molecule has 0 aromatic rings. The Balaban J connectivity index is 3.50. The van der Waals surface area contributed by atoms with E-state index in [9.17, 15) is 9.59 Å². The molecule has 0 aromatic carbocycles. The molecule has 0 aromatic heterocycles. The monoisotopic (exact) mass is 534 g/mol. The van der Waals surface area contributed by atoms with Crippen LogP contribution in [0, 0.1) is 5.41 Å². The average Bonchev–Trinajstić information content (AvgIpc) is 2.68. The van der Waals surface area contributed by atoms with Crippen LogP contribution in [-0.2, 0) is 18.8 Å². The van der Waals surface area contributed by atoms with Crippen molar-refractivity contribution in [2.24, 2.45) is 5.41 Å².